The van der Waals surface area contributed by atoms with Gasteiger partial charge in [-0.25, -0.2) is 0 Å². The molecule has 104 valence electrons. The van der Waals surface area contributed by atoms with Crippen molar-refractivity contribution in [1.29, 1.82) is 0 Å². The van der Waals surface area contributed by atoms with Crippen molar-refractivity contribution in [2.45, 2.75) is 19.8 Å². The van der Waals surface area contributed by atoms with Crippen molar-refractivity contribution in [3.63, 3.8) is 0 Å². The Morgan fingerprint density at radius 3 is 2.95 bits per heavy atom. The van der Waals surface area contributed by atoms with Crippen LogP contribution < -0.4 is 15.4 Å². The summed E-state index contributed by atoms with van der Waals surface area (Å²) in [5, 5.41) is 6.75. The van der Waals surface area contributed by atoms with Crippen molar-refractivity contribution in [2.75, 3.05) is 25.5 Å². The smallest absolute Gasteiger partial charge is 0.231 e. The van der Waals surface area contributed by atoms with Crippen molar-refractivity contribution in [3.05, 3.63) is 23.2 Å². The number of hydrogen-bond donors (Lipinski definition) is 2. The van der Waals surface area contributed by atoms with E-state index in [0.29, 0.717) is 16.5 Å². The minimum absolute atomic E-state index is 0.0596. The van der Waals surface area contributed by atoms with Gasteiger partial charge in [0.2, 0.25) is 5.91 Å². The summed E-state index contributed by atoms with van der Waals surface area (Å²) >= 11 is 5.97. The lowest BCUT2D eigenvalue weighted by Crippen LogP contribution is -2.37. The Bertz CT molecular complexity index is 471. The van der Waals surface area contributed by atoms with Crippen LogP contribution in [-0.2, 0) is 4.79 Å². The van der Waals surface area contributed by atoms with E-state index in [2.05, 4.69) is 17.6 Å². The van der Waals surface area contributed by atoms with Crippen LogP contribution in [0.5, 0.6) is 5.75 Å². The van der Waals surface area contributed by atoms with E-state index in [1.54, 1.807) is 25.3 Å². The number of amides is 1. The van der Waals surface area contributed by atoms with Crippen LogP contribution in [-0.4, -0.2) is 26.1 Å². The van der Waals surface area contributed by atoms with Crippen LogP contribution in [0.15, 0.2) is 18.2 Å². The average molecular weight is 283 g/mol. The molecule has 19 heavy (non-hydrogen) atoms. The standard InChI is InChI=1S/C14H19ClN2O2/c1-3-14(6-7-16-9-14)13(18)17-10-4-5-11(15)12(8-10)19-2/h4-5,8,16H,3,6-7,9H2,1-2H3,(H,17,18). The molecule has 1 unspecified atom stereocenters. The molecule has 1 aliphatic rings. The van der Waals surface area contributed by atoms with Gasteiger partial charge < -0.3 is 15.4 Å². The number of methoxy groups -OCH3 is 1. The molecule has 1 aromatic carbocycles. The third-order valence-corrected chi connectivity index (χ3v) is 4.12. The molecule has 1 atom stereocenters. The molecule has 0 aromatic heterocycles. The largest absolute Gasteiger partial charge is 0.495 e. The van der Waals surface area contributed by atoms with Crippen molar-refractivity contribution < 1.29 is 9.53 Å². The Hall–Kier alpha value is -1.26. The molecule has 2 N–H and O–H groups in total. The molecule has 0 spiro atoms. The molecule has 0 saturated carbocycles. The van der Waals surface area contributed by atoms with Crippen LogP contribution in [0.25, 0.3) is 0 Å². The topological polar surface area (TPSA) is 50.4 Å². The summed E-state index contributed by atoms with van der Waals surface area (Å²) < 4.78 is 5.15. The zero-order chi connectivity index (χ0) is 13.9. The second-order valence-electron chi connectivity index (χ2n) is 4.86. The van der Waals surface area contributed by atoms with Gasteiger partial charge >= 0.3 is 0 Å². The van der Waals surface area contributed by atoms with E-state index in [-0.39, 0.29) is 11.3 Å². The van der Waals surface area contributed by atoms with E-state index in [1.807, 2.05) is 0 Å². The maximum absolute atomic E-state index is 12.4. The van der Waals surface area contributed by atoms with Gasteiger partial charge in [-0.2, -0.15) is 0 Å². The maximum Gasteiger partial charge on any atom is 0.231 e. The maximum atomic E-state index is 12.4. The molecule has 0 radical (unpaired) electrons. The van der Waals surface area contributed by atoms with Crippen LogP contribution in [0.4, 0.5) is 5.69 Å². The van der Waals surface area contributed by atoms with E-state index in [9.17, 15) is 4.79 Å². The van der Waals surface area contributed by atoms with Gasteiger partial charge in [-0.15, -0.1) is 0 Å². The van der Waals surface area contributed by atoms with Crippen molar-refractivity contribution >= 4 is 23.2 Å². The summed E-state index contributed by atoms with van der Waals surface area (Å²) in [7, 11) is 1.56. The van der Waals surface area contributed by atoms with Gasteiger partial charge in [0.1, 0.15) is 5.75 Å². The Labute approximate surface area is 118 Å². The molecular formula is C14H19ClN2O2. The fraction of sp³-hybridized carbons (Fsp3) is 0.500. The molecule has 1 fully saturated rings. The fourth-order valence-electron chi connectivity index (χ4n) is 2.40. The van der Waals surface area contributed by atoms with Gasteiger partial charge in [0.25, 0.3) is 0 Å². The highest BCUT2D eigenvalue weighted by Crippen LogP contribution is 2.32. The number of ether oxygens (including phenoxy) is 1. The van der Waals surface area contributed by atoms with Gasteiger partial charge in [-0.1, -0.05) is 18.5 Å². The zero-order valence-electron chi connectivity index (χ0n) is 11.3. The summed E-state index contributed by atoms with van der Waals surface area (Å²) in [5.74, 6) is 0.624. The summed E-state index contributed by atoms with van der Waals surface area (Å²) in [6.07, 6.45) is 1.70. The predicted molar refractivity (Wildman–Crippen MR) is 76.8 cm³/mol. The molecule has 4 nitrogen and oxygen atoms in total. The van der Waals surface area contributed by atoms with Crippen LogP contribution in [0.2, 0.25) is 5.02 Å². The monoisotopic (exact) mass is 282 g/mol. The van der Waals surface area contributed by atoms with Crippen LogP contribution in [0.3, 0.4) is 0 Å². The highest BCUT2D eigenvalue weighted by atomic mass is 35.5. The van der Waals surface area contributed by atoms with E-state index < -0.39 is 0 Å². The predicted octanol–water partition coefficient (Wildman–Crippen LogP) is 2.68. The van der Waals surface area contributed by atoms with E-state index in [1.165, 1.54) is 0 Å². The van der Waals surface area contributed by atoms with Crippen molar-refractivity contribution in [3.8, 4) is 5.75 Å². The Kier molecular flexibility index (Phi) is 4.32. The third-order valence-electron chi connectivity index (χ3n) is 3.81. The fourth-order valence-corrected chi connectivity index (χ4v) is 2.60. The number of carbonyl (C=O) groups is 1. The molecule has 1 saturated heterocycles. The number of halogens is 1. The molecule has 1 amide bonds. The normalized spacial score (nSPS) is 22.3. The first-order valence-corrected chi connectivity index (χ1v) is 6.85. The highest BCUT2D eigenvalue weighted by molar-refractivity contribution is 6.32. The number of carbonyl (C=O) groups excluding carboxylic acids is 1. The lowest BCUT2D eigenvalue weighted by Gasteiger charge is -2.25. The first kappa shape index (κ1) is 14.2. The molecule has 1 heterocycles. The van der Waals surface area contributed by atoms with Gasteiger partial charge in [-0.3, -0.25) is 4.79 Å². The van der Waals surface area contributed by atoms with E-state index in [0.717, 1.165) is 25.9 Å². The van der Waals surface area contributed by atoms with Gasteiger partial charge in [0.15, 0.2) is 0 Å². The number of nitrogens with one attached hydrogen (secondary N) is 2. The first-order valence-electron chi connectivity index (χ1n) is 6.47. The second-order valence-corrected chi connectivity index (χ2v) is 5.27. The summed E-state index contributed by atoms with van der Waals surface area (Å²) in [6, 6.07) is 5.25. The SMILES string of the molecule is CCC1(C(=O)Nc2ccc(Cl)c(OC)c2)CCNC1. The third kappa shape index (κ3) is 2.85. The minimum Gasteiger partial charge on any atom is -0.495 e. The van der Waals surface area contributed by atoms with Gasteiger partial charge in [0, 0.05) is 18.3 Å². The van der Waals surface area contributed by atoms with Gasteiger partial charge in [-0.05, 0) is 31.5 Å². The number of hydrogen-bond acceptors (Lipinski definition) is 3. The lowest BCUT2D eigenvalue weighted by atomic mass is 9.83. The van der Waals surface area contributed by atoms with E-state index >= 15 is 0 Å². The Balaban J connectivity index is 2.14. The number of anilines is 1. The molecule has 5 heteroatoms. The highest BCUT2D eigenvalue weighted by Gasteiger charge is 2.39. The quantitative estimate of drug-likeness (QED) is 0.893. The molecule has 0 bridgehead atoms. The molecular weight excluding hydrogens is 264 g/mol. The summed E-state index contributed by atoms with van der Waals surface area (Å²) in [4.78, 5) is 12.4. The minimum atomic E-state index is -0.299. The summed E-state index contributed by atoms with van der Waals surface area (Å²) in [5.41, 5.74) is 0.415. The molecule has 2 rings (SSSR count). The van der Waals surface area contributed by atoms with Gasteiger partial charge in [0.05, 0.1) is 17.5 Å². The van der Waals surface area contributed by atoms with Crippen LogP contribution in [0, 0.1) is 5.41 Å². The number of benzene rings is 1. The average Bonchev–Trinajstić information content (AvgIpc) is 2.91. The zero-order valence-corrected chi connectivity index (χ0v) is 12.0. The van der Waals surface area contributed by atoms with Crippen LogP contribution >= 0.6 is 11.6 Å². The second kappa shape index (κ2) is 5.80. The van der Waals surface area contributed by atoms with Crippen molar-refractivity contribution in [2.24, 2.45) is 5.41 Å². The lowest BCUT2D eigenvalue weighted by molar-refractivity contribution is -0.124. The Morgan fingerprint density at radius 1 is 1.58 bits per heavy atom. The molecule has 0 aliphatic carbocycles. The summed E-state index contributed by atoms with van der Waals surface area (Å²) in [6.45, 7) is 3.68. The van der Waals surface area contributed by atoms with E-state index in [4.69, 9.17) is 16.3 Å². The van der Waals surface area contributed by atoms with Crippen molar-refractivity contribution in [1.82, 2.24) is 5.32 Å². The Morgan fingerprint density at radius 2 is 2.37 bits per heavy atom. The van der Waals surface area contributed by atoms with Crippen LogP contribution in [0.1, 0.15) is 19.8 Å². The molecule has 1 aliphatic heterocycles. The first-order chi connectivity index (χ1) is 9.11. The molecule has 1 aromatic rings. The number of rotatable bonds is 4.